The minimum Gasteiger partial charge on any atom is -0.319 e. The summed E-state index contributed by atoms with van der Waals surface area (Å²) in [6, 6.07) is 4.25. The van der Waals surface area contributed by atoms with E-state index in [1.165, 1.54) is 18.4 Å². The van der Waals surface area contributed by atoms with Gasteiger partial charge in [0, 0.05) is 24.4 Å². The smallest absolute Gasteiger partial charge is 0.0306 e. The van der Waals surface area contributed by atoms with Gasteiger partial charge in [0.15, 0.2) is 0 Å². The number of nitrogens with one attached hydrogen (secondary N) is 1. The van der Waals surface area contributed by atoms with Crippen LogP contribution in [-0.4, -0.2) is 18.6 Å². The van der Waals surface area contributed by atoms with Crippen molar-refractivity contribution in [2.75, 3.05) is 13.6 Å². The molecule has 2 nitrogen and oxygen atoms in total. The largest absolute Gasteiger partial charge is 0.319 e. The normalized spacial score (nSPS) is 30.3. The van der Waals surface area contributed by atoms with Crippen LogP contribution >= 0.6 is 0 Å². The predicted molar refractivity (Wildman–Crippen MR) is 58.2 cm³/mol. The van der Waals surface area contributed by atoms with Gasteiger partial charge in [-0.25, -0.2) is 0 Å². The van der Waals surface area contributed by atoms with Gasteiger partial charge in [-0.15, -0.1) is 0 Å². The Morgan fingerprint density at radius 2 is 2.50 bits per heavy atom. The highest BCUT2D eigenvalue weighted by atomic mass is 14.9. The molecule has 0 amide bonds. The molecule has 1 heterocycles. The van der Waals surface area contributed by atoms with Crippen LogP contribution in [0, 0.1) is 5.92 Å². The summed E-state index contributed by atoms with van der Waals surface area (Å²) in [5.41, 5.74) is 1.79. The van der Waals surface area contributed by atoms with Gasteiger partial charge in [-0.3, -0.25) is 4.98 Å². The molecule has 0 aromatic carbocycles. The molecule has 1 aromatic rings. The Morgan fingerprint density at radius 3 is 3.00 bits per heavy atom. The fourth-order valence-corrected chi connectivity index (χ4v) is 2.56. The molecule has 76 valence electrons. The van der Waals surface area contributed by atoms with E-state index in [-0.39, 0.29) is 0 Å². The Kier molecular flexibility index (Phi) is 2.55. The molecule has 1 aromatic heterocycles. The van der Waals surface area contributed by atoms with Gasteiger partial charge in [-0.2, -0.15) is 0 Å². The molecule has 1 fully saturated rings. The van der Waals surface area contributed by atoms with Crippen molar-refractivity contribution in [1.29, 1.82) is 0 Å². The summed E-state index contributed by atoms with van der Waals surface area (Å²) >= 11 is 0. The standard InChI is InChI=1S/C12H18N2/c1-3-10-7-12(10,9-13-2)11-5-4-6-14-8-11/h4-6,8,10,13H,3,7,9H2,1-2H3. The molecular formula is C12H18N2. The number of hydrogen-bond donors (Lipinski definition) is 1. The Bertz CT molecular complexity index is 296. The Balaban J connectivity index is 2.22. The third kappa shape index (κ3) is 1.44. The van der Waals surface area contributed by atoms with Crippen molar-refractivity contribution in [2.24, 2.45) is 5.92 Å². The molecule has 2 atom stereocenters. The number of hydrogen-bond acceptors (Lipinski definition) is 2. The number of nitrogens with zero attached hydrogens (tertiary/aromatic N) is 1. The van der Waals surface area contributed by atoms with E-state index in [9.17, 15) is 0 Å². The summed E-state index contributed by atoms with van der Waals surface area (Å²) < 4.78 is 0. The van der Waals surface area contributed by atoms with E-state index >= 15 is 0 Å². The van der Waals surface area contributed by atoms with Crippen LogP contribution in [-0.2, 0) is 5.41 Å². The number of pyridine rings is 1. The quantitative estimate of drug-likeness (QED) is 0.785. The average Bonchev–Trinajstić information content (AvgIpc) is 2.95. The molecule has 1 aliphatic rings. The van der Waals surface area contributed by atoms with E-state index in [1.54, 1.807) is 0 Å². The van der Waals surface area contributed by atoms with Crippen molar-refractivity contribution in [3.63, 3.8) is 0 Å². The van der Waals surface area contributed by atoms with Crippen LogP contribution in [0.2, 0.25) is 0 Å². The maximum Gasteiger partial charge on any atom is 0.0306 e. The van der Waals surface area contributed by atoms with Crippen LogP contribution in [0.1, 0.15) is 25.3 Å². The van der Waals surface area contributed by atoms with E-state index in [2.05, 4.69) is 23.3 Å². The van der Waals surface area contributed by atoms with Crippen LogP contribution in [0.4, 0.5) is 0 Å². The Hall–Kier alpha value is -0.890. The lowest BCUT2D eigenvalue weighted by molar-refractivity contribution is 0.552. The molecule has 0 radical (unpaired) electrons. The Morgan fingerprint density at radius 1 is 1.64 bits per heavy atom. The minimum absolute atomic E-state index is 0.387. The number of aromatic nitrogens is 1. The number of likely N-dealkylation sites (N-methyl/N-ethyl adjacent to an activating group) is 1. The molecule has 2 unspecified atom stereocenters. The van der Waals surface area contributed by atoms with Gasteiger partial charge >= 0.3 is 0 Å². The van der Waals surface area contributed by atoms with Crippen LogP contribution < -0.4 is 5.32 Å². The molecule has 0 aliphatic heterocycles. The molecule has 1 aliphatic carbocycles. The van der Waals surface area contributed by atoms with Crippen molar-refractivity contribution in [3.05, 3.63) is 30.1 Å². The lowest BCUT2D eigenvalue weighted by Gasteiger charge is -2.16. The zero-order valence-electron chi connectivity index (χ0n) is 8.96. The van der Waals surface area contributed by atoms with Gasteiger partial charge in [0.25, 0.3) is 0 Å². The Labute approximate surface area is 85.7 Å². The highest BCUT2D eigenvalue weighted by Gasteiger charge is 2.53. The molecule has 0 bridgehead atoms. The first-order chi connectivity index (χ1) is 6.83. The summed E-state index contributed by atoms with van der Waals surface area (Å²) in [6.07, 6.45) is 6.46. The summed E-state index contributed by atoms with van der Waals surface area (Å²) in [7, 11) is 2.03. The first kappa shape index (κ1) is 9.66. The second-order valence-electron chi connectivity index (χ2n) is 4.24. The average molecular weight is 190 g/mol. The monoisotopic (exact) mass is 190 g/mol. The first-order valence-electron chi connectivity index (χ1n) is 5.38. The van der Waals surface area contributed by atoms with E-state index in [1.807, 2.05) is 25.5 Å². The van der Waals surface area contributed by atoms with E-state index in [0.29, 0.717) is 5.41 Å². The van der Waals surface area contributed by atoms with Gasteiger partial charge in [0.1, 0.15) is 0 Å². The highest BCUT2D eigenvalue weighted by Crippen LogP contribution is 2.55. The van der Waals surface area contributed by atoms with E-state index in [0.717, 1.165) is 12.5 Å². The maximum atomic E-state index is 4.21. The van der Waals surface area contributed by atoms with Crippen LogP contribution in [0.5, 0.6) is 0 Å². The van der Waals surface area contributed by atoms with Crippen molar-refractivity contribution in [3.8, 4) is 0 Å². The lowest BCUT2D eigenvalue weighted by Crippen LogP contribution is -2.25. The third-order valence-electron chi connectivity index (χ3n) is 3.45. The molecule has 14 heavy (non-hydrogen) atoms. The molecule has 0 saturated heterocycles. The highest BCUT2D eigenvalue weighted by molar-refractivity contribution is 5.32. The van der Waals surface area contributed by atoms with Crippen molar-refractivity contribution in [1.82, 2.24) is 10.3 Å². The van der Waals surface area contributed by atoms with Gasteiger partial charge in [-0.1, -0.05) is 19.4 Å². The van der Waals surface area contributed by atoms with E-state index < -0.39 is 0 Å². The summed E-state index contributed by atoms with van der Waals surface area (Å²) in [6.45, 7) is 3.36. The maximum absolute atomic E-state index is 4.21. The zero-order chi connectivity index (χ0) is 10.0. The van der Waals surface area contributed by atoms with Crippen molar-refractivity contribution >= 4 is 0 Å². The first-order valence-corrected chi connectivity index (χ1v) is 5.38. The van der Waals surface area contributed by atoms with Crippen LogP contribution in [0.25, 0.3) is 0 Å². The SMILES string of the molecule is CCC1CC1(CNC)c1cccnc1. The number of rotatable bonds is 4. The fourth-order valence-electron chi connectivity index (χ4n) is 2.56. The fraction of sp³-hybridized carbons (Fsp3) is 0.583. The molecule has 0 spiro atoms. The van der Waals surface area contributed by atoms with Gasteiger partial charge < -0.3 is 5.32 Å². The minimum atomic E-state index is 0.387. The van der Waals surface area contributed by atoms with Crippen molar-refractivity contribution < 1.29 is 0 Å². The third-order valence-corrected chi connectivity index (χ3v) is 3.45. The second-order valence-corrected chi connectivity index (χ2v) is 4.24. The second kappa shape index (κ2) is 3.70. The molecule has 1 saturated carbocycles. The van der Waals surface area contributed by atoms with Gasteiger partial charge in [0.05, 0.1) is 0 Å². The van der Waals surface area contributed by atoms with Crippen LogP contribution in [0.15, 0.2) is 24.5 Å². The summed E-state index contributed by atoms with van der Waals surface area (Å²) in [4.78, 5) is 4.21. The van der Waals surface area contributed by atoms with E-state index in [4.69, 9.17) is 0 Å². The topological polar surface area (TPSA) is 24.9 Å². The summed E-state index contributed by atoms with van der Waals surface area (Å²) in [5.74, 6) is 0.846. The predicted octanol–water partition coefficient (Wildman–Crippen LogP) is 1.97. The lowest BCUT2D eigenvalue weighted by atomic mass is 9.94. The van der Waals surface area contributed by atoms with Crippen molar-refractivity contribution in [2.45, 2.75) is 25.2 Å². The zero-order valence-corrected chi connectivity index (χ0v) is 8.96. The molecule has 1 N–H and O–H groups in total. The molecule has 2 heteroatoms. The van der Waals surface area contributed by atoms with Gasteiger partial charge in [0.2, 0.25) is 0 Å². The molecule has 2 rings (SSSR count). The van der Waals surface area contributed by atoms with Crippen LogP contribution in [0.3, 0.4) is 0 Å². The van der Waals surface area contributed by atoms with Gasteiger partial charge in [-0.05, 0) is 31.0 Å². The molecular weight excluding hydrogens is 172 g/mol. The summed E-state index contributed by atoms with van der Waals surface area (Å²) in [5, 5.41) is 3.31.